The first kappa shape index (κ1) is 18.9. The summed E-state index contributed by atoms with van der Waals surface area (Å²) in [7, 11) is 0. The number of hydrogen-bond donors (Lipinski definition) is 1. The summed E-state index contributed by atoms with van der Waals surface area (Å²) in [6, 6.07) is 21.9. The molecule has 1 unspecified atom stereocenters. The van der Waals surface area contributed by atoms with Crippen LogP contribution in [0.4, 0.5) is 0 Å². The Labute approximate surface area is 170 Å². The molecule has 1 amide bonds. The smallest absolute Gasteiger partial charge is 0.253 e. The molecule has 146 valence electrons. The Kier molecular flexibility index (Phi) is 5.66. The van der Waals surface area contributed by atoms with E-state index in [1.165, 1.54) is 5.56 Å². The maximum absolute atomic E-state index is 12.6. The molecule has 0 aliphatic heterocycles. The molecule has 2 aromatic heterocycles. The number of imidazole rings is 1. The SMILES string of the molecule is CC(NC(=O)c1cccnc1)c1nc2ccccc2n1CCCc1ccccc1. The predicted octanol–water partition coefficient (Wildman–Crippen LogP) is 4.56. The van der Waals surface area contributed by atoms with E-state index in [-0.39, 0.29) is 11.9 Å². The van der Waals surface area contributed by atoms with Gasteiger partial charge in [0.15, 0.2) is 0 Å². The highest BCUT2D eigenvalue weighted by Gasteiger charge is 2.19. The number of amides is 1. The molecule has 0 spiro atoms. The molecule has 5 heteroatoms. The van der Waals surface area contributed by atoms with Crippen molar-refractivity contribution in [3.05, 3.63) is 96.1 Å². The molecule has 1 atom stereocenters. The van der Waals surface area contributed by atoms with Crippen molar-refractivity contribution in [2.24, 2.45) is 0 Å². The van der Waals surface area contributed by atoms with Crippen LogP contribution in [0.15, 0.2) is 79.1 Å². The first-order valence-corrected chi connectivity index (χ1v) is 9.92. The Morgan fingerprint density at radius 3 is 2.62 bits per heavy atom. The molecule has 5 nitrogen and oxygen atoms in total. The largest absolute Gasteiger partial charge is 0.342 e. The highest BCUT2D eigenvalue weighted by Crippen LogP contribution is 2.22. The van der Waals surface area contributed by atoms with Gasteiger partial charge in [-0.25, -0.2) is 4.98 Å². The van der Waals surface area contributed by atoms with Crippen molar-refractivity contribution in [2.45, 2.75) is 32.4 Å². The fraction of sp³-hybridized carbons (Fsp3) is 0.208. The van der Waals surface area contributed by atoms with Gasteiger partial charge in [0.2, 0.25) is 0 Å². The van der Waals surface area contributed by atoms with E-state index in [1.54, 1.807) is 24.5 Å². The molecule has 0 aliphatic rings. The van der Waals surface area contributed by atoms with Crippen molar-refractivity contribution in [3.63, 3.8) is 0 Å². The summed E-state index contributed by atoms with van der Waals surface area (Å²) in [5.74, 6) is 0.727. The van der Waals surface area contributed by atoms with Crippen molar-refractivity contribution in [3.8, 4) is 0 Å². The average molecular weight is 384 g/mol. The quantitative estimate of drug-likeness (QED) is 0.508. The number of benzene rings is 2. The topological polar surface area (TPSA) is 59.8 Å². The number of carbonyl (C=O) groups is 1. The van der Waals surface area contributed by atoms with Crippen LogP contribution in [0.2, 0.25) is 0 Å². The van der Waals surface area contributed by atoms with Crippen LogP contribution in [0, 0.1) is 0 Å². The normalized spacial score (nSPS) is 12.0. The summed E-state index contributed by atoms with van der Waals surface area (Å²) in [5.41, 5.74) is 3.92. The minimum absolute atomic E-state index is 0.145. The Morgan fingerprint density at radius 1 is 1.03 bits per heavy atom. The lowest BCUT2D eigenvalue weighted by molar-refractivity contribution is 0.0937. The monoisotopic (exact) mass is 384 g/mol. The van der Waals surface area contributed by atoms with Crippen molar-refractivity contribution in [1.29, 1.82) is 0 Å². The zero-order chi connectivity index (χ0) is 20.1. The fourth-order valence-electron chi connectivity index (χ4n) is 3.59. The van der Waals surface area contributed by atoms with Crippen LogP contribution in [0.25, 0.3) is 11.0 Å². The second kappa shape index (κ2) is 8.69. The van der Waals surface area contributed by atoms with E-state index >= 15 is 0 Å². The van der Waals surface area contributed by atoms with Crippen LogP contribution in [-0.2, 0) is 13.0 Å². The number of aromatic nitrogens is 3. The summed E-state index contributed by atoms with van der Waals surface area (Å²) in [6.07, 6.45) is 5.24. The third-order valence-corrected chi connectivity index (χ3v) is 5.03. The van der Waals surface area contributed by atoms with Gasteiger partial charge in [0.05, 0.1) is 22.6 Å². The van der Waals surface area contributed by atoms with Gasteiger partial charge in [-0.1, -0.05) is 42.5 Å². The number of para-hydroxylation sites is 2. The summed E-state index contributed by atoms with van der Waals surface area (Å²) < 4.78 is 2.23. The average Bonchev–Trinajstić information content (AvgIpc) is 3.14. The predicted molar refractivity (Wildman–Crippen MR) is 115 cm³/mol. The number of carbonyl (C=O) groups excluding carboxylic acids is 1. The molecule has 2 heterocycles. The van der Waals surface area contributed by atoms with E-state index in [2.05, 4.69) is 45.2 Å². The van der Waals surface area contributed by atoms with Crippen LogP contribution in [0.1, 0.15) is 41.1 Å². The van der Waals surface area contributed by atoms with E-state index in [0.29, 0.717) is 5.56 Å². The Hall–Kier alpha value is -3.47. The second-order valence-corrected chi connectivity index (χ2v) is 7.14. The van der Waals surface area contributed by atoms with Gasteiger partial charge in [0, 0.05) is 18.9 Å². The molecule has 0 saturated carbocycles. The summed E-state index contributed by atoms with van der Waals surface area (Å²) in [6.45, 7) is 2.82. The molecule has 1 N–H and O–H groups in total. The van der Waals surface area contributed by atoms with E-state index in [9.17, 15) is 4.79 Å². The Morgan fingerprint density at radius 2 is 1.83 bits per heavy atom. The van der Waals surface area contributed by atoms with Crippen molar-refractivity contribution in [2.75, 3.05) is 0 Å². The number of nitrogens with zero attached hydrogens (tertiary/aromatic N) is 3. The Balaban J connectivity index is 1.54. The molecule has 29 heavy (non-hydrogen) atoms. The first-order chi connectivity index (χ1) is 14.2. The van der Waals surface area contributed by atoms with Gasteiger partial charge in [-0.15, -0.1) is 0 Å². The zero-order valence-corrected chi connectivity index (χ0v) is 16.5. The van der Waals surface area contributed by atoms with Crippen LogP contribution >= 0.6 is 0 Å². The minimum Gasteiger partial charge on any atom is -0.342 e. The molecule has 0 radical (unpaired) electrons. The molecular weight excluding hydrogens is 360 g/mol. The van der Waals surface area contributed by atoms with E-state index in [1.807, 2.05) is 31.2 Å². The molecule has 0 fully saturated rings. The molecule has 0 saturated heterocycles. The number of hydrogen-bond acceptors (Lipinski definition) is 3. The molecular formula is C24H24N4O. The summed E-state index contributed by atoms with van der Waals surface area (Å²) >= 11 is 0. The van der Waals surface area contributed by atoms with E-state index in [4.69, 9.17) is 4.98 Å². The van der Waals surface area contributed by atoms with Gasteiger partial charge >= 0.3 is 0 Å². The molecule has 2 aromatic carbocycles. The first-order valence-electron chi connectivity index (χ1n) is 9.92. The lowest BCUT2D eigenvalue weighted by Gasteiger charge is -2.16. The van der Waals surface area contributed by atoms with Crippen LogP contribution in [0.3, 0.4) is 0 Å². The second-order valence-electron chi connectivity index (χ2n) is 7.14. The number of rotatable bonds is 7. The summed E-state index contributed by atoms with van der Waals surface area (Å²) in [4.78, 5) is 21.4. The van der Waals surface area contributed by atoms with Gasteiger partial charge in [0.1, 0.15) is 5.82 Å². The van der Waals surface area contributed by atoms with Crippen molar-refractivity contribution < 1.29 is 4.79 Å². The van der Waals surface area contributed by atoms with Crippen LogP contribution in [0.5, 0.6) is 0 Å². The van der Waals surface area contributed by atoms with Crippen LogP contribution < -0.4 is 5.32 Å². The van der Waals surface area contributed by atoms with E-state index in [0.717, 1.165) is 36.2 Å². The summed E-state index contributed by atoms with van der Waals surface area (Å²) in [5, 5.41) is 3.06. The number of aryl methyl sites for hydroxylation is 2. The van der Waals surface area contributed by atoms with Crippen molar-refractivity contribution >= 4 is 16.9 Å². The molecule has 4 rings (SSSR count). The fourth-order valence-corrected chi connectivity index (χ4v) is 3.59. The number of nitrogens with one attached hydrogen (secondary N) is 1. The van der Waals surface area contributed by atoms with Gasteiger partial charge in [0.25, 0.3) is 5.91 Å². The third-order valence-electron chi connectivity index (χ3n) is 5.03. The maximum atomic E-state index is 12.6. The van der Waals surface area contributed by atoms with Gasteiger partial charge in [-0.2, -0.15) is 0 Å². The molecule has 4 aromatic rings. The van der Waals surface area contributed by atoms with Gasteiger partial charge in [-0.3, -0.25) is 9.78 Å². The van der Waals surface area contributed by atoms with Crippen LogP contribution in [-0.4, -0.2) is 20.4 Å². The van der Waals surface area contributed by atoms with Gasteiger partial charge < -0.3 is 9.88 Å². The molecule has 0 aliphatic carbocycles. The third kappa shape index (κ3) is 4.35. The maximum Gasteiger partial charge on any atom is 0.253 e. The number of fused-ring (bicyclic) bond motifs is 1. The van der Waals surface area contributed by atoms with Crippen molar-refractivity contribution in [1.82, 2.24) is 19.9 Å². The highest BCUT2D eigenvalue weighted by atomic mass is 16.1. The van der Waals surface area contributed by atoms with E-state index < -0.39 is 0 Å². The lowest BCUT2D eigenvalue weighted by atomic mass is 10.1. The Bertz CT molecular complexity index is 1090. The number of pyridine rings is 1. The standard InChI is InChI=1S/C24H24N4O/c1-18(26-24(29)20-12-7-15-25-17-20)23-27-21-13-5-6-14-22(21)28(23)16-8-11-19-9-3-2-4-10-19/h2-7,9-10,12-15,17-18H,8,11,16H2,1H3,(H,26,29). The lowest BCUT2D eigenvalue weighted by Crippen LogP contribution is -2.28. The molecule has 0 bridgehead atoms. The highest BCUT2D eigenvalue weighted by molar-refractivity contribution is 5.94. The van der Waals surface area contributed by atoms with Gasteiger partial charge in [-0.05, 0) is 49.6 Å². The minimum atomic E-state index is -0.216. The zero-order valence-electron chi connectivity index (χ0n) is 16.5.